The molecule has 4 rings (SSSR count). The summed E-state index contributed by atoms with van der Waals surface area (Å²) in [6.45, 7) is 3.80. The Kier molecular flexibility index (Phi) is 6.09. The minimum atomic E-state index is -0.0884. The summed E-state index contributed by atoms with van der Waals surface area (Å²) < 4.78 is 0. The molecular formula is C24H26ClN3O2. The van der Waals surface area contributed by atoms with Crippen molar-refractivity contribution in [2.75, 3.05) is 13.1 Å². The van der Waals surface area contributed by atoms with E-state index in [0.29, 0.717) is 30.4 Å². The number of H-pyrrole nitrogens is 1. The van der Waals surface area contributed by atoms with Gasteiger partial charge in [-0.3, -0.25) is 9.59 Å². The first kappa shape index (κ1) is 20.5. The van der Waals surface area contributed by atoms with E-state index in [1.165, 1.54) is 0 Å². The Balaban J connectivity index is 1.29. The summed E-state index contributed by atoms with van der Waals surface area (Å²) in [5.41, 5.74) is 2.59. The van der Waals surface area contributed by atoms with Crippen LogP contribution in [0, 0.1) is 11.8 Å². The van der Waals surface area contributed by atoms with E-state index in [4.69, 9.17) is 11.6 Å². The van der Waals surface area contributed by atoms with Crippen LogP contribution in [-0.4, -0.2) is 34.8 Å². The van der Waals surface area contributed by atoms with Gasteiger partial charge in [-0.25, -0.2) is 0 Å². The number of benzene rings is 2. The van der Waals surface area contributed by atoms with E-state index >= 15 is 0 Å². The number of carbonyl (C=O) groups excluding carboxylic acids is 2. The Morgan fingerprint density at radius 3 is 2.63 bits per heavy atom. The molecule has 1 fully saturated rings. The maximum atomic E-state index is 12.9. The van der Waals surface area contributed by atoms with Crippen LogP contribution in [0.4, 0.5) is 0 Å². The number of amides is 2. The summed E-state index contributed by atoms with van der Waals surface area (Å²) in [4.78, 5) is 30.6. The van der Waals surface area contributed by atoms with Gasteiger partial charge in [-0.05, 0) is 48.6 Å². The second-order valence-electron chi connectivity index (χ2n) is 8.04. The van der Waals surface area contributed by atoms with Gasteiger partial charge in [-0.2, -0.15) is 0 Å². The molecule has 6 heteroatoms. The molecule has 3 aromatic rings. The van der Waals surface area contributed by atoms with E-state index in [-0.39, 0.29) is 23.7 Å². The van der Waals surface area contributed by atoms with Crippen LogP contribution in [0.3, 0.4) is 0 Å². The van der Waals surface area contributed by atoms with Crippen molar-refractivity contribution in [1.29, 1.82) is 0 Å². The number of aromatic amines is 1. The van der Waals surface area contributed by atoms with E-state index < -0.39 is 0 Å². The quantitative estimate of drug-likeness (QED) is 0.628. The fourth-order valence-corrected chi connectivity index (χ4v) is 4.39. The van der Waals surface area contributed by atoms with Gasteiger partial charge in [0.2, 0.25) is 5.91 Å². The van der Waals surface area contributed by atoms with Crippen molar-refractivity contribution in [3.8, 4) is 0 Å². The van der Waals surface area contributed by atoms with E-state index in [1.54, 1.807) is 0 Å². The molecule has 2 aromatic carbocycles. The molecule has 1 atom stereocenters. The first-order valence-corrected chi connectivity index (χ1v) is 10.8. The van der Waals surface area contributed by atoms with Crippen LogP contribution in [0.2, 0.25) is 5.02 Å². The molecule has 0 aliphatic carbocycles. The Bertz CT molecular complexity index is 1020. The number of likely N-dealkylation sites (tertiary alicyclic amines) is 1. The molecule has 5 nitrogen and oxygen atoms in total. The second kappa shape index (κ2) is 8.92. The van der Waals surface area contributed by atoms with Crippen LogP contribution in [0.5, 0.6) is 0 Å². The fourth-order valence-electron chi connectivity index (χ4n) is 4.17. The minimum absolute atomic E-state index is 0.0303. The highest BCUT2D eigenvalue weighted by molar-refractivity contribution is 6.30. The molecule has 1 unspecified atom stereocenters. The molecule has 0 spiro atoms. The number of carbonyl (C=O) groups is 2. The summed E-state index contributed by atoms with van der Waals surface area (Å²) >= 11 is 6.00. The Morgan fingerprint density at radius 2 is 1.90 bits per heavy atom. The number of para-hydroxylation sites is 1. The number of nitrogens with zero attached hydrogens (tertiary/aromatic N) is 1. The highest BCUT2D eigenvalue weighted by Crippen LogP contribution is 2.26. The first-order chi connectivity index (χ1) is 14.5. The van der Waals surface area contributed by atoms with Crippen molar-refractivity contribution in [3.05, 3.63) is 70.9 Å². The van der Waals surface area contributed by atoms with E-state index in [9.17, 15) is 9.59 Å². The molecule has 1 aromatic heterocycles. The van der Waals surface area contributed by atoms with Gasteiger partial charge in [0.15, 0.2) is 0 Å². The number of fused-ring (bicyclic) bond motifs is 1. The topological polar surface area (TPSA) is 65.2 Å². The molecular weight excluding hydrogens is 398 g/mol. The summed E-state index contributed by atoms with van der Waals surface area (Å²) in [6.07, 6.45) is 1.66. The van der Waals surface area contributed by atoms with Crippen molar-refractivity contribution >= 4 is 34.3 Å². The largest absolute Gasteiger partial charge is 0.352 e. The van der Waals surface area contributed by atoms with Crippen molar-refractivity contribution in [3.63, 3.8) is 0 Å². The number of rotatable bonds is 5. The lowest BCUT2D eigenvalue weighted by molar-refractivity contribution is -0.126. The second-order valence-corrected chi connectivity index (χ2v) is 8.47. The Hall–Kier alpha value is -2.79. The number of hydrogen-bond acceptors (Lipinski definition) is 2. The third kappa shape index (κ3) is 4.51. The molecule has 2 N–H and O–H groups in total. The first-order valence-electron chi connectivity index (χ1n) is 10.4. The van der Waals surface area contributed by atoms with Gasteiger partial charge in [0.25, 0.3) is 5.91 Å². The van der Waals surface area contributed by atoms with Crippen molar-refractivity contribution in [2.45, 2.75) is 26.3 Å². The van der Waals surface area contributed by atoms with Crippen LogP contribution in [0.25, 0.3) is 10.9 Å². The molecule has 0 bridgehead atoms. The number of piperidine rings is 1. The summed E-state index contributed by atoms with van der Waals surface area (Å²) in [5.74, 6) is 0.267. The van der Waals surface area contributed by atoms with Crippen LogP contribution >= 0.6 is 11.6 Å². The van der Waals surface area contributed by atoms with Gasteiger partial charge in [0.1, 0.15) is 5.69 Å². The molecule has 2 amide bonds. The smallest absolute Gasteiger partial charge is 0.270 e. The van der Waals surface area contributed by atoms with Gasteiger partial charge < -0.3 is 15.2 Å². The highest BCUT2D eigenvalue weighted by Gasteiger charge is 2.30. The predicted octanol–water partition coefficient (Wildman–Crippen LogP) is 4.63. The van der Waals surface area contributed by atoms with Crippen molar-refractivity contribution in [2.24, 2.45) is 11.8 Å². The molecule has 2 heterocycles. The maximum absolute atomic E-state index is 12.9. The average molecular weight is 424 g/mol. The molecule has 1 aliphatic heterocycles. The minimum Gasteiger partial charge on any atom is -0.352 e. The van der Waals surface area contributed by atoms with Crippen molar-refractivity contribution < 1.29 is 9.59 Å². The van der Waals surface area contributed by atoms with Crippen LogP contribution in [0.1, 0.15) is 35.8 Å². The van der Waals surface area contributed by atoms with Gasteiger partial charge in [-0.15, -0.1) is 0 Å². The number of hydrogen-bond donors (Lipinski definition) is 2. The number of aromatic nitrogens is 1. The van der Waals surface area contributed by atoms with Crippen LogP contribution in [-0.2, 0) is 11.3 Å². The van der Waals surface area contributed by atoms with Gasteiger partial charge in [0.05, 0.1) is 0 Å². The van der Waals surface area contributed by atoms with E-state index in [0.717, 1.165) is 29.3 Å². The lowest BCUT2D eigenvalue weighted by Gasteiger charge is -2.34. The van der Waals surface area contributed by atoms with Crippen LogP contribution < -0.4 is 5.32 Å². The molecule has 0 saturated carbocycles. The molecule has 1 saturated heterocycles. The van der Waals surface area contributed by atoms with Gasteiger partial charge in [-0.1, -0.05) is 48.9 Å². The van der Waals surface area contributed by atoms with E-state index in [2.05, 4.69) is 10.3 Å². The van der Waals surface area contributed by atoms with Gasteiger partial charge >= 0.3 is 0 Å². The van der Waals surface area contributed by atoms with Gasteiger partial charge in [0, 0.05) is 41.5 Å². The zero-order valence-electron chi connectivity index (χ0n) is 17.0. The van der Waals surface area contributed by atoms with Crippen molar-refractivity contribution in [1.82, 2.24) is 15.2 Å². The fraction of sp³-hybridized carbons (Fsp3) is 0.333. The Labute approximate surface area is 181 Å². The molecule has 1 aliphatic rings. The number of nitrogens with one attached hydrogen (secondary N) is 2. The SMILES string of the molecule is CC(C(=O)NCc1cccc(Cl)c1)C1CCN(C(=O)c2cc3ccccc3[nH]2)CC1. The lowest BCUT2D eigenvalue weighted by Crippen LogP contribution is -2.42. The maximum Gasteiger partial charge on any atom is 0.270 e. The Morgan fingerprint density at radius 1 is 1.13 bits per heavy atom. The zero-order chi connectivity index (χ0) is 21.1. The standard InChI is InChI=1S/C24H26ClN3O2/c1-16(23(29)26-15-17-5-4-7-20(25)13-17)18-9-11-28(12-10-18)24(30)22-14-19-6-2-3-8-21(19)27-22/h2-8,13-14,16,18,27H,9-12,15H2,1H3,(H,26,29). The molecule has 30 heavy (non-hydrogen) atoms. The summed E-state index contributed by atoms with van der Waals surface area (Å²) in [7, 11) is 0. The monoisotopic (exact) mass is 423 g/mol. The van der Waals surface area contributed by atoms with Crippen LogP contribution in [0.15, 0.2) is 54.6 Å². The summed E-state index contributed by atoms with van der Waals surface area (Å²) in [5, 5.41) is 4.73. The summed E-state index contributed by atoms with van der Waals surface area (Å²) in [6, 6.07) is 17.3. The molecule has 156 valence electrons. The normalized spacial score (nSPS) is 15.9. The molecule has 0 radical (unpaired) electrons. The third-order valence-electron chi connectivity index (χ3n) is 6.06. The highest BCUT2D eigenvalue weighted by atomic mass is 35.5. The van der Waals surface area contributed by atoms with E-state index in [1.807, 2.05) is 66.4 Å². The predicted molar refractivity (Wildman–Crippen MR) is 119 cm³/mol. The third-order valence-corrected chi connectivity index (χ3v) is 6.30. The lowest BCUT2D eigenvalue weighted by atomic mass is 9.84. The average Bonchev–Trinajstić information content (AvgIpc) is 3.21. The number of halogens is 1. The zero-order valence-corrected chi connectivity index (χ0v) is 17.8.